The summed E-state index contributed by atoms with van der Waals surface area (Å²) < 4.78 is 83.5. The highest BCUT2D eigenvalue weighted by Gasteiger charge is 2.38. The van der Waals surface area contributed by atoms with Gasteiger partial charge in [0.05, 0.1) is 34.2 Å². The summed E-state index contributed by atoms with van der Waals surface area (Å²) in [4.78, 5) is 12.9. The number of halogens is 7. The first-order chi connectivity index (χ1) is 21.4. The fraction of sp³-hybridized carbons (Fsp3) is 0.412. The van der Waals surface area contributed by atoms with Crippen LogP contribution in [0, 0.1) is 13.8 Å². The number of nitrogens with zero attached hydrogens (tertiary/aromatic N) is 4. The van der Waals surface area contributed by atoms with Crippen LogP contribution in [-0.4, -0.2) is 41.4 Å². The van der Waals surface area contributed by atoms with Crippen molar-refractivity contribution in [1.82, 2.24) is 9.80 Å². The van der Waals surface area contributed by atoms with Gasteiger partial charge < -0.3 is 15.5 Å². The molecule has 0 unspecified atom stereocenters. The molecule has 0 saturated carbocycles. The maximum atomic E-state index is 13.9. The molecule has 0 bridgehead atoms. The van der Waals surface area contributed by atoms with Gasteiger partial charge in [-0.3, -0.25) is 0 Å². The van der Waals surface area contributed by atoms with Crippen LogP contribution in [0.4, 0.5) is 37.7 Å². The van der Waals surface area contributed by atoms with Crippen LogP contribution in [0.2, 0.25) is 5.02 Å². The van der Waals surface area contributed by atoms with Gasteiger partial charge >= 0.3 is 12.4 Å². The van der Waals surface area contributed by atoms with Gasteiger partial charge in [0.1, 0.15) is 5.84 Å². The highest BCUT2D eigenvalue weighted by atomic mass is 35.5. The summed E-state index contributed by atoms with van der Waals surface area (Å²) in [6, 6.07) is 10.9. The highest BCUT2D eigenvalue weighted by Crippen LogP contribution is 2.39. The molecular formula is C34H38ClF6N5. The maximum absolute atomic E-state index is 13.9. The average molecular weight is 666 g/mol. The summed E-state index contributed by atoms with van der Waals surface area (Å²) >= 11 is 6.53. The summed E-state index contributed by atoms with van der Waals surface area (Å²) in [5, 5.41) is 0.222. The molecule has 0 spiro atoms. The standard InChI is InChI=1S/C34H38ClF6N5/c1-19(2)26-9-7-10-27(20(3)4)30(26)44-32(42)46-12-8-11-45(18-46)31(43-29-22(6)13-21(5)14-28(29)35)23-15-24(33(36,37)38)17-25(16-23)34(39,40)41/h7,9-10,13-17,19-20H,8,11-12,18H2,1-6H3,(H2,42,44). The van der Waals surface area contributed by atoms with Crippen molar-refractivity contribution in [2.75, 3.05) is 19.8 Å². The minimum atomic E-state index is -5.03. The fourth-order valence-electron chi connectivity index (χ4n) is 5.54. The molecule has 2 N–H and O–H groups in total. The first-order valence-corrected chi connectivity index (χ1v) is 15.4. The maximum Gasteiger partial charge on any atom is 0.416 e. The Morgan fingerprint density at radius 1 is 0.783 bits per heavy atom. The second kappa shape index (κ2) is 13.6. The molecule has 0 amide bonds. The Kier molecular flexibility index (Phi) is 10.4. The van der Waals surface area contributed by atoms with E-state index in [1.165, 1.54) is 0 Å². The van der Waals surface area contributed by atoms with E-state index in [2.05, 4.69) is 32.7 Å². The second-order valence-corrected chi connectivity index (χ2v) is 12.6. The van der Waals surface area contributed by atoms with E-state index in [0.29, 0.717) is 37.2 Å². The number of alkyl halides is 6. The van der Waals surface area contributed by atoms with E-state index >= 15 is 0 Å². The number of para-hydroxylation sites is 1. The zero-order chi connectivity index (χ0) is 34.1. The van der Waals surface area contributed by atoms with Crippen molar-refractivity contribution in [2.45, 2.75) is 72.2 Å². The number of aryl methyl sites for hydroxylation is 2. The Hall–Kier alpha value is -3.73. The molecule has 1 aliphatic heterocycles. The van der Waals surface area contributed by atoms with Crippen molar-refractivity contribution >= 4 is 34.8 Å². The summed E-state index contributed by atoms with van der Waals surface area (Å²) in [5.74, 6) is 0.415. The number of nitrogens with two attached hydrogens (primary N) is 1. The SMILES string of the molecule is Cc1cc(C)c(N=C(c2cc(C(F)(F)F)cc(C(F)(F)F)c2)N2CCCN(C(N)=Nc3c(C(C)C)cccc3C(C)C)C2)c(Cl)c1. The summed E-state index contributed by atoms with van der Waals surface area (Å²) in [6.45, 7) is 12.6. The Bertz CT molecular complexity index is 1560. The minimum Gasteiger partial charge on any atom is -0.369 e. The lowest BCUT2D eigenvalue weighted by Crippen LogP contribution is -2.52. The fourth-order valence-corrected chi connectivity index (χ4v) is 5.91. The Labute approximate surface area is 270 Å². The molecule has 46 heavy (non-hydrogen) atoms. The number of amidine groups is 1. The van der Waals surface area contributed by atoms with Crippen LogP contribution in [0.3, 0.4) is 0 Å². The smallest absolute Gasteiger partial charge is 0.369 e. The van der Waals surface area contributed by atoms with Crippen LogP contribution in [0.15, 0.2) is 58.5 Å². The monoisotopic (exact) mass is 665 g/mol. The average Bonchev–Trinajstić information content (AvgIpc) is 2.95. The number of benzene rings is 3. The molecule has 1 heterocycles. The van der Waals surface area contributed by atoms with Gasteiger partial charge in [-0.15, -0.1) is 0 Å². The number of guanidine groups is 1. The van der Waals surface area contributed by atoms with Crippen LogP contribution < -0.4 is 5.73 Å². The van der Waals surface area contributed by atoms with Gasteiger partial charge in [-0.1, -0.05) is 63.6 Å². The third-order valence-corrected chi connectivity index (χ3v) is 8.14. The molecule has 0 radical (unpaired) electrons. The zero-order valence-corrected chi connectivity index (χ0v) is 27.4. The lowest BCUT2D eigenvalue weighted by atomic mass is 9.93. The van der Waals surface area contributed by atoms with Gasteiger partial charge in [-0.25, -0.2) is 9.98 Å². The molecule has 5 nitrogen and oxygen atoms in total. The third-order valence-electron chi connectivity index (χ3n) is 7.85. The van der Waals surface area contributed by atoms with Crippen LogP contribution in [0.25, 0.3) is 0 Å². The predicted molar refractivity (Wildman–Crippen MR) is 172 cm³/mol. The highest BCUT2D eigenvalue weighted by molar-refractivity contribution is 6.33. The first kappa shape index (κ1) is 35.1. The van der Waals surface area contributed by atoms with Gasteiger partial charge in [0.15, 0.2) is 5.96 Å². The molecule has 1 aliphatic rings. The van der Waals surface area contributed by atoms with Gasteiger partial charge in [0.25, 0.3) is 0 Å². The predicted octanol–water partition coefficient (Wildman–Crippen LogP) is 9.93. The van der Waals surface area contributed by atoms with E-state index in [0.717, 1.165) is 22.4 Å². The molecule has 0 aromatic heterocycles. The summed E-state index contributed by atoms with van der Waals surface area (Å²) in [7, 11) is 0. The summed E-state index contributed by atoms with van der Waals surface area (Å²) in [6.07, 6.45) is -9.56. The minimum absolute atomic E-state index is 0.0230. The van der Waals surface area contributed by atoms with Gasteiger partial charge in [0, 0.05) is 18.7 Å². The van der Waals surface area contributed by atoms with Gasteiger partial charge in [-0.2, -0.15) is 26.3 Å². The lowest BCUT2D eigenvalue weighted by molar-refractivity contribution is -0.143. The molecular weight excluding hydrogens is 628 g/mol. The Morgan fingerprint density at radius 3 is 1.83 bits per heavy atom. The van der Waals surface area contributed by atoms with Gasteiger partial charge in [-0.05, 0) is 78.6 Å². The second-order valence-electron chi connectivity index (χ2n) is 12.2. The van der Waals surface area contributed by atoms with Crippen LogP contribution in [-0.2, 0) is 12.4 Å². The molecule has 3 aromatic carbocycles. The van der Waals surface area contributed by atoms with Crippen molar-refractivity contribution < 1.29 is 26.3 Å². The van der Waals surface area contributed by atoms with Crippen molar-refractivity contribution in [3.05, 3.63) is 92.5 Å². The third kappa shape index (κ3) is 7.97. The normalized spacial score (nSPS) is 15.4. The topological polar surface area (TPSA) is 57.2 Å². The molecule has 0 aliphatic carbocycles. The quantitative estimate of drug-likeness (QED) is 0.168. The van der Waals surface area contributed by atoms with Crippen molar-refractivity contribution in [2.24, 2.45) is 15.7 Å². The van der Waals surface area contributed by atoms with Crippen LogP contribution in [0.1, 0.15) is 84.9 Å². The van der Waals surface area contributed by atoms with E-state index in [9.17, 15) is 26.3 Å². The van der Waals surface area contributed by atoms with Crippen molar-refractivity contribution in [3.63, 3.8) is 0 Å². The molecule has 248 valence electrons. The summed E-state index contributed by atoms with van der Waals surface area (Å²) in [5.41, 5.74) is 7.86. The van der Waals surface area contributed by atoms with E-state index < -0.39 is 23.5 Å². The number of hydrogen-bond donors (Lipinski definition) is 1. The first-order valence-electron chi connectivity index (χ1n) is 15.0. The lowest BCUT2D eigenvalue weighted by Gasteiger charge is -2.38. The molecule has 3 aromatic rings. The number of aliphatic imine (C=N–C) groups is 2. The van der Waals surface area contributed by atoms with E-state index in [4.69, 9.17) is 22.3 Å². The van der Waals surface area contributed by atoms with Crippen molar-refractivity contribution in [1.29, 1.82) is 0 Å². The largest absolute Gasteiger partial charge is 0.416 e. The molecule has 12 heteroatoms. The molecule has 4 rings (SSSR count). The number of hydrogen-bond acceptors (Lipinski definition) is 2. The molecule has 1 fully saturated rings. The molecule has 0 atom stereocenters. The Morgan fingerprint density at radius 2 is 1.33 bits per heavy atom. The number of rotatable bonds is 5. The van der Waals surface area contributed by atoms with Crippen LogP contribution in [0.5, 0.6) is 0 Å². The van der Waals surface area contributed by atoms with Crippen molar-refractivity contribution in [3.8, 4) is 0 Å². The van der Waals surface area contributed by atoms with E-state index in [1.807, 2.05) is 25.1 Å². The molecule has 1 saturated heterocycles. The Balaban J connectivity index is 1.87. The van der Waals surface area contributed by atoms with Crippen LogP contribution >= 0.6 is 11.6 Å². The zero-order valence-electron chi connectivity index (χ0n) is 26.6. The van der Waals surface area contributed by atoms with E-state index in [-0.39, 0.29) is 52.6 Å². The van der Waals surface area contributed by atoms with E-state index in [1.54, 1.807) is 28.9 Å². The van der Waals surface area contributed by atoms with Gasteiger partial charge in [0.2, 0.25) is 0 Å².